The second-order valence-corrected chi connectivity index (χ2v) is 5.17. The number of aliphatic hydroxyl groups is 1. The van der Waals surface area contributed by atoms with E-state index in [2.05, 4.69) is 18.5 Å². The summed E-state index contributed by atoms with van der Waals surface area (Å²) >= 11 is 1.11. The third-order valence-corrected chi connectivity index (χ3v) is 3.56. The molecule has 0 aliphatic rings. The van der Waals surface area contributed by atoms with Crippen LogP contribution in [0.1, 0.15) is 26.2 Å². The minimum atomic E-state index is -0.722. The van der Waals surface area contributed by atoms with Gasteiger partial charge >= 0.3 is 0 Å². The summed E-state index contributed by atoms with van der Waals surface area (Å²) in [5, 5.41) is 12.5. The molecule has 0 spiro atoms. The Hall–Kier alpha value is -1.07. The fraction of sp³-hybridized carbons (Fsp3) is 0.571. The summed E-state index contributed by atoms with van der Waals surface area (Å²) in [6.07, 6.45) is 4.07. The number of amides is 1. The van der Waals surface area contributed by atoms with Crippen molar-refractivity contribution in [3.8, 4) is 0 Å². The van der Waals surface area contributed by atoms with Crippen LogP contribution >= 0.6 is 11.8 Å². The molecule has 2 atom stereocenters. The molecule has 5 heteroatoms. The van der Waals surface area contributed by atoms with Gasteiger partial charge in [-0.15, -0.1) is 13.2 Å². The largest absolute Gasteiger partial charge is 0.392 e. The van der Waals surface area contributed by atoms with Gasteiger partial charge in [0.2, 0.25) is 5.91 Å². The van der Waals surface area contributed by atoms with Gasteiger partial charge in [0.15, 0.2) is 5.12 Å². The molecule has 0 saturated carbocycles. The fourth-order valence-corrected chi connectivity index (χ4v) is 2.29. The number of hydrogen-bond donors (Lipinski definition) is 2. The quantitative estimate of drug-likeness (QED) is 0.475. The van der Waals surface area contributed by atoms with E-state index in [4.69, 9.17) is 0 Å². The highest BCUT2D eigenvalue weighted by Crippen LogP contribution is 2.19. The van der Waals surface area contributed by atoms with Gasteiger partial charge in [0.1, 0.15) is 0 Å². The molecule has 0 aromatic carbocycles. The number of carbonyl (C=O) groups is 2. The van der Waals surface area contributed by atoms with E-state index in [0.29, 0.717) is 31.6 Å². The molecule has 0 radical (unpaired) electrons. The van der Waals surface area contributed by atoms with Crippen molar-refractivity contribution in [2.45, 2.75) is 32.3 Å². The Kier molecular flexibility index (Phi) is 10.2. The van der Waals surface area contributed by atoms with E-state index in [1.54, 1.807) is 13.0 Å². The molecule has 0 aromatic rings. The van der Waals surface area contributed by atoms with Crippen molar-refractivity contribution in [1.29, 1.82) is 0 Å². The van der Waals surface area contributed by atoms with Crippen molar-refractivity contribution < 1.29 is 14.7 Å². The van der Waals surface area contributed by atoms with Crippen molar-refractivity contribution in [3.63, 3.8) is 0 Å². The zero-order valence-electron chi connectivity index (χ0n) is 11.4. The average Bonchev–Trinajstić information content (AvgIpc) is 2.41. The van der Waals surface area contributed by atoms with E-state index in [1.165, 1.54) is 6.08 Å². The molecule has 0 saturated heterocycles. The van der Waals surface area contributed by atoms with Crippen LogP contribution in [0.15, 0.2) is 25.3 Å². The number of nitrogens with one attached hydrogen (secondary N) is 1. The lowest BCUT2D eigenvalue weighted by atomic mass is 10.00. The second-order valence-electron chi connectivity index (χ2n) is 4.07. The number of hydrogen-bond acceptors (Lipinski definition) is 4. The van der Waals surface area contributed by atoms with Gasteiger partial charge < -0.3 is 10.4 Å². The van der Waals surface area contributed by atoms with E-state index < -0.39 is 12.0 Å². The number of rotatable bonds is 10. The van der Waals surface area contributed by atoms with E-state index in [1.807, 2.05) is 0 Å². The highest BCUT2D eigenvalue weighted by atomic mass is 32.2. The zero-order valence-corrected chi connectivity index (χ0v) is 12.2. The first kappa shape index (κ1) is 17.9. The Bertz CT molecular complexity index is 318. The molecule has 2 unspecified atom stereocenters. The summed E-state index contributed by atoms with van der Waals surface area (Å²) in [4.78, 5) is 22.9. The smallest absolute Gasteiger partial charge is 0.219 e. The summed E-state index contributed by atoms with van der Waals surface area (Å²) in [7, 11) is 0. The van der Waals surface area contributed by atoms with Crippen LogP contribution in [0.4, 0.5) is 0 Å². The lowest BCUT2D eigenvalue weighted by Crippen LogP contribution is -2.27. The SMILES string of the molecule is C=CCCC(O)C(C=C)C(=O)SCCNC(=O)CC. The minimum Gasteiger partial charge on any atom is -0.392 e. The molecule has 108 valence electrons. The standard InChI is InChI=1S/C14H23NO3S/c1-4-7-8-12(16)11(5-2)14(18)19-10-9-15-13(17)6-3/h4-5,11-12,16H,1-2,6-10H2,3H3,(H,15,17). The molecule has 0 aliphatic heterocycles. The highest BCUT2D eigenvalue weighted by molar-refractivity contribution is 8.13. The van der Waals surface area contributed by atoms with Crippen LogP contribution in [0.2, 0.25) is 0 Å². The summed E-state index contributed by atoms with van der Waals surface area (Å²) < 4.78 is 0. The minimum absolute atomic E-state index is 0.0284. The van der Waals surface area contributed by atoms with Crippen LogP contribution in [0, 0.1) is 5.92 Å². The van der Waals surface area contributed by atoms with Gasteiger partial charge in [0.25, 0.3) is 0 Å². The van der Waals surface area contributed by atoms with Crippen LogP contribution in [0.3, 0.4) is 0 Å². The second kappa shape index (κ2) is 10.8. The van der Waals surface area contributed by atoms with E-state index in [0.717, 1.165) is 11.8 Å². The first-order valence-electron chi connectivity index (χ1n) is 6.41. The van der Waals surface area contributed by atoms with E-state index >= 15 is 0 Å². The molecule has 0 aliphatic carbocycles. The van der Waals surface area contributed by atoms with Gasteiger partial charge in [0, 0.05) is 18.7 Å². The lowest BCUT2D eigenvalue weighted by molar-refractivity contribution is -0.120. The van der Waals surface area contributed by atoms with Gasteiger partial charge in [0.05, 0.1) is 12.0 Å². The average molecular weight is 285 g/mol. The van der Waals surface area contributed by atoms with Crippen LogP contribution in [-0.2, 0) is 9.59 Å². The Morgan fingerprint density at radius 1 is 1.42 bits per heavy atom. The number of allylic oxidation sites excluding steroid dienone is 1. The Morgan fingerprint density at radius 3 is 2.63 bits per heavy atom. The maximum Gasteiger partial charge on any atom is 0.219 e. The Labute approximate surface area is 119 Å². The van der Waals surface area contributed by atoms with E-state index in [9.17, 15) is 14.7 Å². The lowest BCUT2D eigenvalue weighted by Gasteiger charge is -2.17. The number of thioether (sulfide) groups is 1. The van der Waals surface area contributed by atoms with Crippen LogP contribution < -0.4 is 5.32 Å². The predicted molar refractivity (Wildman–Crippen MR) is 79.9 cm³/mol. The zero-order chi connectivity index (χ0) is 14.7. The monoisotopic (exact) mass is 285 g/mol. The van der Waals surface area contributed by atoms with Crippen LogP contribution in [0.5, 0.6) is 0 Å². The van der Waals surface area contributed by atoms with Gasteiger partial charge in [-0.25, -0.2) is 0 Å². The van der Waals surface area contributed by atoms with Gasteiger partial charge in [-0.3, -0.25) is 9.59 Å². The summed E-state index contributed by atoms with van der Waals surface area (Å²) in [5.41, 5.74) is 0. The molecule has 2 N–H and O–H groups in total. The molecular formula is C14H23NO3S. The maximum atomic E-state index is 11.9. The Balaban J connectivity index is 4.03. The maximum absolute atomic E-state index is 11.9. The van der Waals surface area contributed by atoms with Crippen LogP contribution in [-0.4, -0.2) is 34.5 Å². The van der Waals surface area contributed by atoms with E-state index in [-0.39, 0.29) is 11.0 Å². The topological polar surface area (TPSA) is 66.4 Å². The van der Waals surface area contributed by atoms with Gasteiger partial charge in [-0.05, 0) is 12.8 Å². The summed E-state index contributed by atoms with van der Waals surface area (Å²) in [6, 6.07) is 0. The molecule has 1 amide bonds. The van der Waals surface area contributed by atoms with Crippen molar-refractivity contribution in [2.24, 2.45) is 5.92 Å². The molecule has 0 aromatic heterocycles. The molecule has 0 rings (SSSR count). The van der Waals surface area contributed by atoms with Gasteiger partial charge in [-0.1, -0.05) is 30.8 Å². The Morgan fingerprint density at radius 2 is 2.11 bits per heavy atom. The van der Waals surface area contributed by atoms with Crippen molar-refractivity contribution in [2.75, 3.05) is 12.3 Å². The van der Waals surface area contributed by atoms with Crippen molar-refractivity contribution in [1.82, 2.24) is 5.32 Å². The normalized spacial score (nSPS) is 13.4. The number of aliphatic hydroxyl groups excluding tert-OH is 1. The molecule has 0 bridgehead atoms. The number of carbonyl (C=O) groups excluding carboxylic acids is 2. The van der Waals surface area contributed by atoms with Crippen LogP contribution in [0.25, 0.3) is 0 Å². The third-order valence-electron chi connectivity index (χ3n) is 2.60. The fourth-order valence-electron chi connectivity index (χ4n) is 1.44. The third kappa shape index (κ3) is 7.85. The summed E-state index contributed by atoms with van der Waals surface area (Å²) in [6.45, 7) is 9.40. The molecule has 0 heterocycles. The highest BCUT2D eigenvalue weighted by Gasteiger charge is 2.23. The first-order chi connectivity index (χ1) is 9.06. The van der Waals surface area contributed by atoms with Crippen molar-refractivity contribution >= 4 is 22.8 Å². The van der Waals surface area contributed by atoms with Crippen molar-refractivity contribution in [3.05, 3.63) is 25.3 Å². The first-order valence-corrected chi connectivity index (χ1v) is 7.40. The van der Waals surface area contributed by atoms with Gasteiger partial charge in [-0.2, -0.15) is 0 Å². The molecule has 19 heavy (non-hydrogen) atoms. The predicted octanol–water partition coefficient (Wildman–Crippen LogP) is 1.90. The molecular weight excluding hydrogens is 262 g/mol. The summed E-state index contributed by atoms with van der Waals surface area (Å²) in [5.74, 6) is -0.0884. The molecule has 4 nitrogen and oxygen atoms in total. The molecule has 0 fully saturated rings.